The fourth-order valence-corrected chi connectivity index (χ4v) is 5.77. The molecule has 0 saturated heterocycles. The van der Waals surface area contributed by atoms with Crippen LogP contribution in [0.3, 0.4) is 0 Å². The summed E-state index contributed by atoms with van der Waals surface area (Å²) in [4.78, 5) is 49.5. The minimum Gasteiger partial charge on any atom is -0.480 e. The van der Waals surface area contributed by atoms with Gasteiger partial charge in [-0.25, -0.2) is 18.4 Å². The van der Waals surface area contributed by atoms with E-state index in [1.807, 2.05) is 0 Å². The van der Waals surface area contributed by atoms with Gasteiger partial charge < -0.3 is 20.8 Å². The van der Waals surface area contributed by atoms with Crippen LogP contribution < -0.4 is 10.6 Å². The van der Waals surface area contributed by atoms with E-state index in [0.717, 1.165) is 45.9 Å². The molecule has 0 aromatic heterocycles. The maximum absolute atomic E-state index is 14.0. The van der Waals surface area contributed by atoms with Gasteiger partial charge in [0.15, 0.2) is 0 Å². The first kappa shape index (κ1) is 31.1. The van der Waals surface area contributed by atoms with Crippen molar-refractivity contribution in [3.63, 3.8) is 0 Å². The molecule has 2 unspecified atom stereocenters. The molecule has 2 amide bonds. The van der Waals surface area contributed by atoms with Crippen molar-refractivity contribution < 1.29 is 38.2 Å². The topological polar surface area (TPSA) is 133 Å². The summed E-state index contributed by atoms with van der Waals surface area (Å²) in [6.45, 7) is 7.22. The lowest BCUT2D eigenvalue weighted by Gasteiger charge is -2.18. The first-order valence-corrected chi connectivity index (χ1v) is 13.9. The number of carboxylic acids is 2. The molecule has 2 aromatic carbocycles. The summed E-state index contributed by atoms with van der Waals surface area (Å²) in [5.41, 5.74) is -0.206. The highest BCUT2D eigenvalue weighted by atomic mass is 33.1. The Labute approximate surface area is 227 Å². The third kappa shape index (κ3) is 9.32. The summed E-state index contributed by atoms with van der Waals surface area (Å²) in [7, 11) is 1.97. The van der Waals surface area contributed by atoms with Crippen LogP contribution in [0.15, 0.2) is 46.2 Å². The van der Waals surface area contributed by atoms with E-state index in [9.17, 15) is 38.2 Å². The second-order valence-electron chi connectivity index (χ2n) is 9.44. The molecule has 38 heavy (non-hydrogen) atoms. The van der Waals surface area contributed by atoms with Gasteiger partial charge in [-0.05, 0) is 61.1 Å². The maximum Gasteiger partial charge on any atom is 0.326 e. The van der Waals surface area contributed by atoms with Crippen molar-refractivity contribution in [2.24, 2.45) is 11.8 Å². The van der Waals surface area contributed by atoms with Crippen LogP contribution in [0.2, 0.25) is 0 Å². The summed E-state index contributed by atoms with van der Waals surface area (Å²) < 4.78 is 28.0. The number of hydrogen-bond donors (Lipinski definition) is 4. The molecular formula is C26H30F2N2O6S2. The number of halogens is 2. The minimum atomic E-state index is -1.22. The normalized spacial score (nSPS) is 12.7. The van der Waals surface area contributed by atoms with E-state index < -0.39 is 47.5 Å². The summed E-state index contributed by atoms with van der Waals surface area (Å²) in [5, 5.41) is 23.7. The largest absolute Gasteiger partial charge is 0.480 e. The number of carbonyl (C=O) groups excluding carboxylic acids is 2. The van der Waals surface area contributed by atoms with Crippen molar-refractivity contribution >= 4 is 45.3 Å². The van der Waals surface area contributed by atoms with Crippen molar-refractivity contribution in [1.29, 1.82) is 0 Å². The Hall–Kier alpha value is -3.12. The van der Waals surface area contributed by atoms with Crippen LogP contribution in [0.1, 0.15) is 61.3 Å². The summed E-state index contributed by atoms with van der Waals surface area (Å²) >= 11 is 0. The molecule has 0 aliphatic heterocycles. The van der Waals surface area contributed by atoms with E-state index in [4.69, 9.17) is 0 Å². The number of rotatable bonds is 13. The van der Waals surface area contributed by atoms with Crippen molar-refractivity contribution in [3.05, 3.63) is 59.2 Å². The van der Waals surface area contributed by atoms with Crippen molar-refractivity contribution in [2.45, 2.75) is 62.4 Å². The van der Waals surface area contributed by atoms with Gasteiger partial charge in [-0.3, -0.25) is 9.59 Å². The third-order valence-corrected chi connectivity index (χ3v) is 7.70. The molecule has 4 N–H and O–H groups in total. The van der Waals surface area contributed by atoms with Crippen LogP contribution in [-0.2, 0) is 9.59 Å². The molecule has 0 radical (unpaired) electrons. The fraction of sp³-hybridized carbons (Fsp3) is 0.385. The number of benzene rings is 2. The van der Waals surface area contributed by atoms with Crippen LogP contribution in [0.4, 0.5) is 8.78 Å². The number of nitrogens with one attached hydrogen (secondary N) is 2. The van der Waals surface area contributed by atoms with Gasteiger partial charge in [-0.15, -0.1) is 0 Å². The first-order chi connectivity index (χ1) is 17.8. The number of amides is 2. The van der Waals surface area contributed by atoms with Crippen molar-refractivity contribution in [1.82, 2.24) is 10.6 Å². The molecule has 12 heteroatoms. The number of hydrogen-bond acceptors (Lipinski definition) is 6. The number of carbonyl (C=O) groups is 4. The molecule has 0 fully saturated rings. The molecule has 2 atom stereocenters. The molecule has 8 nitrogen and oxygen atoms in total. The monoisotopic (exact) mass is 568 g/mol. The second kappa shape index (κ2) is 14.1. The summed E-state index contributed by atoms with van der Waals surface area (Å²) in [6.07, 6.45) is 0.353. The highest BCUT2D eigenvalue weighted by molar-refractivity contribution is 8.76. The smallest absolute Gasteiger partial charge is 0.326 e. The molecule has 2 aromatic rings. The predicted molar refractivity (Wildman–Crippen MR) is 141 cm³/mol. The molecule has 206 valence electrons. The molecule has 0 spiro atoms. The summed E-state index contributed by atoms with van der Waals surface area (Å²) in [5.74, 6) is -5.43. The molecular weight excluding hydrogens is 538 g/mol. The highest BCUT2D eigenvalue weighted by Gasteiger charge is 2.25. The molecule has 2 rings (SSSR count). The Morgan fingerprint density at radius 2 is 1.05 bits per heavy atom. The van der Waals surface area contributed by atoms with Crippen molar-refractivity contribution in [2.75, 3.05) is 0 Å². The van der Waals surface area contributed by atoms with Gasteiger partial charge >= 0.3 is 11.9 Å². The molecule has 0 bridgehead atoms. The van der Waals surface area contributed by atoms with Crippen LogP contribution >= 0.6 is 21.6 Å². The molecule has 0 saturated carbocycles. The molecule has 0 aliphatic rings. The summed E-state index contributed by atoms with van der Waals surface area (Å²) in [6, 6.07) is 4.56. The zero-order chi connectivity index (χ0) is 28.6. The Bertz CT molecular complexity index is 1100. The standard InChI is InChI=1S/C26H30F2N2O6S2/c1-13(2)9-19(25(33)34)29-23(31)17-11-15(27)5-7-21(17)37-38-22-8-6-16(28)12-18(22)24(32)30-20(26(35)36)10-14(3)4/h5-8,11-14,19-20H,9-10H2,1-4H3,(H,29,31)(H,30,32)(H,33,34)(H,35,36). The average Bonchev–Trinajstić information content (AvgIpc) is 2.82. The van der Waals surface area contributed by atoms with Gasteiger partial charge in [0, 0.05) is 9.79 Å². The maximum atomic E-state index is 14.0. The zero-order valence-electron chi connectivity index (χ0n) is 21.3. The quantitative estimate of drug-likeness (QED) is 0.242. The first-order valence-electron chi connectivity index (χ1n) is 11.8. The van der Waals surface area contributed by atoms with E-state index in [-0.39, 0.29) is 45.6 Å². The van der Waals surface area contributed by atoms with E-state index in [0.29, 0.717) is 0 Å². The Balaban J connectivity index is 2.29. The molecule has 0 heterocycles. The lowest BCUT2D eigenvalue weighted by Crippen LogP contribution is -2.41. The van der Waals surface area contributed by atoms with E-state index >= 15 is 0 Å². The Morgan fingerprint density at radius 1 is 0.711 bits per heavy atom. The van der Waals surface area contributed by atoms with Crippen LogP contribution in [-0.4, -0.2) is 46.0 Å². The predicted octanol–water partition coefficient (Wildman–Crippen LogP) is 5.22. The number of aliphatic carboxylic acids is 2. The average molecular weight is 569 g/mol. The van der Waals surface area contributed by atoms with Gasteiger partial charge in [0.1, 0.15) is 23.7 Å². The van der Waals surface area contributed by atoms with Crippen LogP contribution in [0.5, 0.6) is 0 Å². The van der Waals surface area contributed by atoms with E-state index in [1.165, 1.54) is 12.1 Å². The van der Waals surface area contributed by atoms with Gasteiger partial charge in [0.25, 0.3) is 11.8 Å². The minimum absolute atomic E-state index is 0.0161. The van der Waals surface area contributed by atoms with Crippen molar-refractivity contribution in [3.8, 4) is 0 Å². The van der Waals surface area contributed by atoms with Gasteiger partial charge in [0.2, 0.25) is 0 Å². The van der Waals surface area contributed by atoms with Gasteiger partial charge in [-0.1, -0.05) is 49.3 Å². The van der Waals surface area contributed by atoms with E-state index in [1.54, 1.807) is 27.7 Å². The SMILES string of the molecule is CC(C)CC(NC(=O)c1cc(F)ccc1SSc1ccc(F)cc1C(=O)NC(CC(C)C)C(=O)O)C(=O)O. The third-order valence-electron chi connectivity index (χ3n) is 5.21. The fourth-order valence-electron chi connectivity index (χ4n) is 3.45. The Kier molecular flexibility index (Phi) is 11.6. The second-order valence-corrected chi connectivity index (χ2v) is 11.6. The lowest BCUT2D eigenvalue weighted by molar-refractivity contribution is -0.140. The molecule has 0 aliphatic carbocycles. The van der Waals surface area contributed by atoms with Gasteiger partial charge in [-0.2, -0.15) is 0 Å². The van der Waals surface area contributed by atoms with E-state index in [2.05, 4.69) is 10.6 Å². The highest BCUT2D eigenvalue weighted by Crippen LogP contribution is 2.41. The van der Waals surface area contributed by atoms with Gasteiger partial charge in [0.05, 0.1) is 11.1 Å². The zero-order valence-corrected chi connectivity index (χ0v) is 22.9. The Morgan fingerprint density at radius 3 is 1.34 bits per heavy atom. The number of carboxylic acid groups (broad SMARTS) is 2. The lowest BCUT2D eigenvalue weighted by atomic mass is 10.0. The van der Waals surface area contributed by atoms with Crippen LogP contribution in [0.25, 0.3) is 0 Å². The van der Waals surface area contributed by atoms with Crippen LogP contribution in [0, 0.1) is 23.5 Å².